The van der Waals surface area contributed by atoms with E-state index in [1.54, 1.807) is 12.4 Å². The van der Waals surface area contributed by atoms with Crippen LogP contribution >= 0.6 is 0 Å². The van der Waals surface area contributed by atoms with Gasteiger partial charge in [0.15, 0.2) is 9.84 Å². The van der Waals surface area contributed by atoms with Gasteiger partial charge in [-0.05, 0) is 0 Å². The van der Waals surface area contributed by atoms with Crippen molar-refractivity contribution in [3.63, 3.8) is 0 Å². The number of hydrogen-bond acceptors (Lipinski definition) is 6. The van der Waals surface area contributed by atoms with Gasteiger partial charge in [0.05, 0.1) is 11.5 Å². The molecule has 2 rings (SSSR count). The lowest BCUT2D eigenvalue weighted by Gasteiger charge is -2.26. The molecule has 0 aromatic carbocycles. The van der Waals surface area contributed by atoms with E-state index in [9.17, 15) is 8.42 Å². The molecule has 1 aliphatic heterocycles. The molecule has 0 unspecified atom stereocenters. The van der Waals surface area contributed by atoms with E-state index in [2.05, 4.69) is 9.97 Å². The predicted molar refractivity (Wildman–Crippen MR) is 60.8 cm³/mol. The highest BCUT2D eigenvalue weighted by molar-refractivity contribution is 7.91. The Kier molecular flexibility index (Phi) is 3.06. The van der Waals surface area contributed by atoms with Crippen LogP contribution in [0.2, 0.25) is 0 Å². The van der Waals surface area contributed by atoms with Crippen LogP contribution in [0.3, 0.4) is 0 Å². The topological polar surface area (TPSA) is 89.2 Å². The van der Waals surface area contributed by atoms with Gasteiger partial charge in [0.1, 0.15) is 0 Å². The summed E-state index contributed by atoms with van der Waals surface area (Å²) in [5.41, 5.74) is 6.31. The van der Waals surface area contributed by atoms with Crippen LogP contribution in [0.4, 0.5) is 5.95 Å². The van der Waals surface area contributed by atoms with E-state index in [0.29, 0.717) is 25.6 Å². The zero-order valence-corrected chi connectivity index (χ0v) is 9.65. The van der Waals surface area contributed by atoms with E-state index < -0.39 is 9.84 Å². The number of hydrogen-bond donors (Lipinski definition) is 1. The summed E-state index contributed by atoms with van der Waals surface area (Å²) in [4.78, 5) is 10.2. The number of nitrogens with zero attached hydrogens (tertiary/aromatic N) is 3. The first kappa shape index (κ1) is 11.3. The SMILES string of the molecule is NCc1cnc(N2CCS(=O)(=O)CC2)nc1. The van der Waals surface area contributed by atoms with Gasteiger partial charge >= 0.3 is 0 Å². The van der Waals surface area contributed by atoms with Crippen molar-refractivity contribution in [1.82, 2.24) is 9.97 Å². The Labute approximate surface area is 94.4 Å². The third-order valence-electron chi connectivity index (χ3n) is 2.55. The van der Waals surface area contributed by atoms with Crippen molar-refractivity contribution in [2.24, 2.45) is 5.73 Å². The molecule has 0 atom stereocenters. The van der Waals surface area contributed by atoms with Crippen LogP contribution in [0.25, 0.3) is 0 Å². The van der Waals surface area contributed by atoms with Gasteiger partial charge in [-0.1, -0.05) is 0 Å². The fourth-order valence-electron chi connectivity index (χ4n) is 1.53. The summed E-state index contributed by atoms with van der Waals surface area (Å²) >= 11 is 0. The van der Waals surface area contributed by atoms with Crippen LogP contribution in [-0.2, 0) is 16.4 Å². The standard InChI is InChI=1S/C9H14N4O2S/c10-5-8-6-11-9(12-7-8)13-1-3-16(14,15)4-2-13/h6-7H,1-5,10H2. The van der Waals surface area contributed by atoms with Gasteiger partial charge in [-0.25, -0.2) is 18.4 Å². The summed E-state index contributed by atoms with van der Waals surface area (Å²) in [5, 5.41) is 0. The van der Waals surface area contributed by atoms with E-state index in [1.165, 1.54) is 0 Å². The average molecular weight is 242 g/mol. The minimum absolute atomic E-state index is 0.176. The molecule has 0 bridgehead atoms. The van der Waals surface area contributed by atoms with Crippen molar-refractivity contribution < 1.29 is 8.42 Å². The summed E-state index contributed by atoms with van der Waals surface area (Å²) in [6.07, 6.45) is 3.34. The van der Waals surface area contributed by atoms with E-state index in [0.717, 1.165) is 5.56 Å². The molecule has 1 aliphatic rings. The predicted octanol–water partition coefficient (Wildman–Crippen LogP) is -0.830. The van der Waals surface area contributed by atoms with Crippen molar-refractivity contribution in [2.45, 2.75) is 6.54 Å². The van der Waals surface area contributed by atoms with E-state index in [-0.39, 0.29) is 11.5 Å². The molecule has 0 radical (unpaired) electrons. The Bertz CT molecular complexity index is 443. The molecule has 6 nitrogen and oxygen atoms in total. The first-order valence-electron chi connectivity index (χ1n) is 5.07. The van der Waals surface area contributed by atoms with E-state index >= 15 is 0 Å². The Morgan fingerprint density at radius 2 is 1.81 bits per heavy atom. The highest BCUT2D eigenvalue weighted by atomic mass is 32.2. The fraction of sp³-hybridized carbons (Fsp3) is 0.556. The first-order valence-corrected chi connectivity index (χ1v) is 6.89. The Hall–Kier alpha value is -1.21. The van der Waals surface area contributed by atoms with Crippen LogP contribution in [-0.4, -0.2) is 43.0 Å². The minimum atomic E-state index is -2.85. The number of anilines is 1. The molecule has 88 valence electrons. The van der Waals surface area contributed by atoms with Gasteiger partial charge in [-0.15, -0.1) is 0 Å². The number of rotatable bonds is 2. The summed E-state index contributed by atoms with van der Waals surface area (Å²) in [5.74, 6) is 0.927. The second-order valence-electron chi connectivity index (χ2n) is 3.73. The Morgan fingerprint density at radius 1 is 1.25 bits per heavy atom. The smallest absolute Gasteiger partial charge is 0.225 e. The van der Waals surface area contributed by atoms with Crippen LogP contribution in [0.15, 0.2) is 12.4 Å². The highest BCUT2D eigenvalue weighted by Gasteiger charge is 2.22. The molecule has 1 aromatic rings. The van der Waals surface area contributed by atoms with Crippen molar-refractivity contribution in [1.29, 1.82) is 0 Å². The lowest BCUT2D eigenvalue weighted by atomic mass is 10.3. The van der Waals surface area contributed by atoms with Crippen LogP contribution in [0, 0.1) is 0 Å². The number of nitrogens with two attached hydrogens (primary N) is 1. The second-order valence-corrected chi connectivity index (χ2v) is 6.04. The maximum Gasteiger partial charge on any atom is 0.225 e. The minimum Gasteiger partial charge on any atom is -0.339 e. The van der Waals surface area contributed by atoms with Crippen molar-refractivity contribution in [3.8, 4) is 0 Å². The summed E-state index contributed by atoms with van der Waals surface area (Å²) in [6, 6.07) is 0. The molecule has 0 spiro atoms. The van der Waals surface area contributed by atoms with Gasteiger partial charge in [0, 0.05) is 37.6 Å². The van der Waals surface area contributed by atoms with Gasteiger partial charge in [-0.3, -0.25) is 0 Å². The van der Waals surface area contributed by atoms with Crippen LogP contribution in [0.5, 0.6) is 0 Å². The molecular formula is C9H14N4O2S. The molecule has 1 saturated heterocycles. The van der Waals surface area contributed by atoms with Gasteiger partial charge in [0.25, 0.3) is 0 Å². The quantitative estimate of drug-likeness (QED) is 0.728. The Morgan fingerprint density at radius 3 is 2.31 bits per heavy atom. The summed E-state index contributed by atoms with van der Waals surface area (Å²) < 4.78 is 22.5. The molecular weight excluding hydrogens is 228 g/mol. The van der Waals surface area contributed by atoms with Crippen LogP contribution < -0.4 is 10.6 Å². The third kappa shape index (κ3) is 2.48. The molecule has 2 heterocycles. The molecule has 7 heteroatoms. The molecule has 2 N–H and O–H groups in total. The zero-order chi connectivity index (χ0) is 11.6. The average Bonchev–Trinajstić information content (AvgIpc) is 2.29. The number of aromatic nitrogens is 2. The Balaban J connectivity index is 2.08. The lowest BCUT2D eigenvalue weighted by Crippen LogP contribution is -2.41. The molecule has 1 aromatic heterocycles. The molecule has 16 heavy (non-hydrogen) atoms. The van der Waals surface area contributed by atoms with E-state index in [4.69, 9.17) is 5.73 Å². The maximum absolute atomic E-state index is 11.2. The van der Waals surface area contributed by atoms with Crippen molar-refractivity contribution in [2.75, 3.05) is 29.5 Å². The van der Waals surface area contributed by atoms with Crippen LogP contribution in [0.1, 0.15) is 5.56 Å². The van der Waals surface area contributed by atoms with E-state index in [1.807, 2.05) is 4.90 Å². The summed E-state index contributed by atoms with van der Waals surface area (Å²) in [7, 11) is -2.85. The lowest BCUT2D eigenvalue weighted by molar-refractivity contribution is 0.585. The number of sulfone groups is 1. The molecule has 0 saturated carbocycles. The largest absolute Gasteiger partial charge is 0.339 e. The van der Waals surface area contributed by atoms with Crippen molar-refractivity contribution in [3.05, 3.63) is 18.0 Å². The highest BCUT2D eigenvalue weighted by Crippen LogP contribution is 2.11. The summed E-state index contributed by atoms with van der Waals surface area (Å²) in [6.45, 7) is 1.34. The third-order valence-corrected chi connectivity index (χ3v) is 4.16. The normalized spacial score (nSPS) is 19.7. The maximum atomic E-state index is 11.2. The fourth-order valence-corrected chi connectivity index (χ4v) is 2.73. The first-order chi connectivity index (χ1) is 7.61. The second kappa shape index (κ2) is 4.34. The molecule has 0 amide bonds. The zero-order valence-electron chi connectivity index (χ0n) is 8.83. The molecule has 0 aliphatic carbocycles. The van der Waals surface area contributed by atoms with Gasteiger partial charge in [-0.2, -0.15) is 0 Å². The monoisotopic (exact) mass is 242 g/mol. The van der Waals surface area contributed by atoms with Crippen molar-refractivity contribution >= 4 is 15.8 Å². The van der Waals surface area contributed by atoms with Gasteiger partial charge < -0.3 is 10.6 Å². The van der Waals surface area contributed by atoms with Gasteiger partial charge in [0.2, 0.25) is 5.95 Å². The molecule has 1 fully saturated rings.